The first kappa shape index (κ1) is 9.70. The number of hydrogen-bond acceptors (Lipinski definition) is 0. The highest BCUT2D eigenvalue weighted by Crippen LogP contribution is 2.34. The molecule has 1 aromatic carbocycles. The van der Waals surface area contributed by atoms with Gasteiger partial charge in [0.1, 0.15) is 5.82 Å². The lowest BCUT2D eigenvalue weighted by molar-refractivity contribution is 0.440. The van der Waals surface area contributed by atoms with Crippen LogP contribution in [0.4, 0.5) is 4.39 Å². The first-order valence-corrected chi connectivity index (χ1v) is 5.45. The van der Waals surface area contributed by atoms with Gasteiger partial charge in [0.15, 0.2) is 0 Å². The van der Waals surface area contributed by atoms with Crippen molar-refractivity contribution in [3.8, 4) is 0 Å². The first-order chi connectivity index (χ1) is 6.79. The van der Waals surface area contributed by atoms with Crippen LogP contribution < -0.4 is 0 Å². The van der Waals surface area contributed by atoms with Gasteiger partial charge in [-0.3, -0.25) is 0 Å². The molecule has 14 heavy (non-hydrogen) atoms. The Balaban J connectivity index is 2.26. The summed E-state index contributed by atoms with van der Waals surface area (Å²) >= 11 is 0. The smallest absolute Gasteiger partial charge is 0.126 e. The molecular formula is C13H16F. The van der Waals surface area contributed by atoms with Crippen molar-refractivity contribution in [1.82, 2.24) is 0 Å². The fourth-order valence-corrected chi connectivity index (χ4v) is 2.38. The van der Waals surface area contributed by atoms with E-state index in [9.17, 15) is 4.39 Å². The zero-order valence-electron chi connectivity index (χ0n) is 8.65. The molecule has 1 aromatic rings. The van der Waals surface area contributed by atoms with Crippen LogP contribution >= 0.6 is 0 Å². The maximum Gasteiger partial charge on any atom is 0.126 e. The molecule has 0 amide bonds. The number of halogens is 1. The Morgan fingerprint density at radius 2 is 2.00 bits per heavy atom. The SMILES string of the molecule is Cc1c(C2CCCCC2)[c]ccc1F. The summed E-state index contributed by atoms with van der Waals surface area (Å²) in [6.07, 6.45) is 6.33. The molecular weight excluding hydrogens is 175 g/mol. The minimum Gasteiger partial charge on any atom is -0.207 e. The van der Waals surface area contributed by atoms with Crippen LogP contribution in [0.25, 0.3) is 0 Å². The molecule has 0 nitrogen and oxygen atoms in total. The summed E-state index contributed by atoms with van der Waals surface area (Å²) < 4.78 is 13.3. The molecule has 0 N–H and O–H groups in total. The van der Waals surface area contributed by atoms with Crippen LogP contribution in [-0.4, -0.2) is 0 Å². The van der Waals surface area contributed by atoms with Crippen LogP contribution in [0.1, 0.15) is 49.1 Å². The van der Waals surface area contributed by atoms with E-state index in [4.69, 9.17) is 0 Å². The third-order valence-electron chi connectivity index (χ3n) is 3.24. The molecule has 75 valence electrons. The maximum atomic E-state index is 13.3. The monoisotopic (exact) mass is 191 g/mol. The van der Waals surface area contributed by atoms with Crippen molar-refractivity contribution >= 4 is 0 Å². The molecule has 1 saturated carbocycles. The van der Waals surface area contributed by atoms with E-state index in [1.54, 1.807) is 6.07 Å². The molecule has 1 radical (unpaired) electrons. The maximum absolute atomic E-state index is 13.3. The van der Waals surface area contributed by atoms with E-state index in [-0.39, 0.29) is 5.82 Å². The van der Waals surface area contributed by atoms with Gasteiger partial charge >= 0.3 is 0 Å². The van der Waals surface area contributed by atoms with Gasteiger partial charge in [0.2, 0.25) is 0 Å². The average molecular weight is 191 g/mol. The molecule has 0 unspecified atom stereocenters. The molecule has 0 saturated heterocycles. The summed E-state index contributed by atoms with van der Waals surface area (Å²) in [4.78, 5) is 0. The predicted octanol–water partition coefficient (Wildman–Crippen LogP) is 3.98. The Morgan fingerprint density at radius 3 is 2.71 bits per heavy atom. The lowest BCUT2D eigenvalue weighted by Crippen LogP contribution is -2.07. The van der Waals surface area contributed by atoms with Crippen molar-refractivity contribution in [3.63, 3.8) is 0 Å². The zero-order valence-corrected chi connectivity index (χ0v) is 8.65. The standard InChI is InChI=1S/C13H16F/c1-10-12(8-5-9-13(10)14)11-6-3-2-4-7-11/h5,9,11H,2-4,6-7H2,1H3. The quantitative estimate of drug-likeness (QED) is 0.629. The molecule has 0 aliphatic heterocycles. The van der Waals surface area contributed by atoms with E-state index in [1.165, 1.54) is 38.2 Å². The molecule has 1 aliphatic rings. The molecule has 0 aromatic heterocycles. The molecule has 0 atom stereocenters. The van der Waals surface area contributed by atoms with Crippen LogP contribution in [0.15, 0.2) is 12.1 Å². The number of benzene rings is 1. The summed E-state index contributed by atoms with van der Waals surface area (Å²) in [5, 5.41) is 0. The summed E-state index contributed by atoms with van der Waals surface area (Å²) in [6.45, 7) is 1.87. The third kappa shape index (κ3) is 1.82. The van der Waals surface area contributed by atoms with E-state index in [0.717, 1.165) is 11.1 Å². The lowest BCUT2D eigenvalue weighted by atomic mass is 9.82. The molecule has 0 bridgehead atoms. The van der Waals surface area contributed by atoms with Crippen molar-refractivity contribution in [3.05, 3.63) is 35.1 Å². The highest BCUT2D eigenvalue weighted by molar-refractivity contribution is 5.29. The molecule has 2 rings (SSSR count). The van der Waals surface area contributed by atoms with Crippen molar-refractivity contribution in [2.24, 2.45) is 0 Å². The van der Waals surface area contributed by atoms with Gasteiger partial charge in [0, 0.05) is 0 Å². The summed E-state index contributed by atoms with van der Waals surface area (Å²) in [5.74, 6) is 0.476. The number of rotatable bonds is 1. The molecule has 0 spiro atoms. The number of hydrogen-bond donors (Lipinski definition) is 0. The Hall–Kier alpha value is -0.850. The minimum atomic E-state index is -0.0793. The van der Waals surface area contributed by atoms with Gasteiger partial charge in [-0.05, 0) is 48.9 Å². The van der Waals surface area contributed by atoms with Crippen LogP contribution in [0, 0.1) is 18.8 Å². The molecule has 1 fully saturated rings. The fraction of sp³-hybridized carbons (Fsp3) is 0.538. The molecule has 1 heteroatoms. The third-order valence-corrected chi connectivity index (χ3v) is 3.24. The van der Waals surface area contributed by atoms with Gasteiger partial charge in [-0.2, -0.15) is 0 Å². The van der Waals surface area contributed by atoms with E-state index in [0.29, 0.717) is 5.92 Å². The average Bonchev–Trinajstić information content (AvgIpc) is 2.23. The first-order valence-electron chi connectivity index (χ1n) is 5.45. The van der Waals surface area contributed by atoms with E-state index >= 15 is 0 Å². The van der Waals surface area contributed by atoms with Gasteiger partial charge in [0.05, 0.1) is 0 Å². The lowest BCUT2D eigenvalue weighted by Gasteiger charge is -2.23. The summed E-state index contributed by atoms with van der Waals surface area (Å²) in [7, 11) is 0. The van der Waals surface area contributed by atoms with Crippen molar-refractivity contribution < 1.29 is 4.39 Å². The minimum absolute atomic E-state index is 0.0793. The highest BCUT2D eigenvalue weighted by atomic mass is 19.1. The largest absolute Gasteiger partial charge is 0.207 e. The zero-order chi connectivity index (χ0) is 9.97. The van der Waals surface area contributed by atoms with Crippen LogP contribution in [0.5, 0.6) is 0 Å². The Labute approximate surface area is 85.1 Å². The highest BCUT2D eigenvalue weighted by Gasteiger charge is 2.18. The second kappa shape index (κ2) is 4.12. The van der Waals surface area contributed by atoms with E-state index in [2.05, 4.69) is 6.07 Å². The van der Waals surface area contributed by atoms with Crippen LogP contribution in [0.3, 0.4) is 0 Å². The van der Waals surface area contributed by atoms with Crippen molar-refractivity contribution in [1.29, 1.82) is 0 Å². The topological polar surface area (TPSA) is 0 Å². The molecule has 1 aliphatic carbocycles. The second-order valence-electron chi connectivity index (χ2n) is 4.20. The Kier molecular flexibility index (Phi) is 2.85. The predicted molar refractivity (Wildman–Crippen MR) is 55.8 cm³/mol. The van der Waals surface area contributed by atoms with Crippen LogP contribution in [-0.2, 0) is 0 Å². The normalized spacial score (nSPS) is 18.4. The van der Waals surface area contributed by atoms with Gasteiger partial charge in [-0.25, -0.2) is 4.39 Å². The Morgan fingerprint density at radius 1 is 1.29 bits per heavy atom. The van der Waals surface area contributed by atoms with E-state index < -0.39 is 0 Å². The summed E-state index contributed by atoms with van der Waals surface area (Å²) in [5.41, 5.74) is 1.92. The van der Waals surface area contributed by atoms with Crippen LogP contribution in [0.2, 0.25) is 0 Å². The Bertz CT molecular complexity index is 311. The van der Waals surface area contributed by atoms with Gasteiger partial charge < -0.3 is 0 Å². The van der Waals surface area contributed by atoms with Gasteiger partial charge in [0.25, 0.3) is 0 Å². The van der Waals surface area contributed by atoms with Gasteiger partial charge in [-0.1, -0.05) is 25.3 Å². The fourth-order valence-electron chi connectivity index (χ4n) is 2.38. The van der Waals surface area contributed by atoms with Gasteiger partial charge in [-0.15, -0.1) is 0 Å². The second-order valence-corrected chi connectivity index (χ2v) is 4.20. The molecule has 0 heterocycles. The van der Waals surface area contributed by atoms with E-state index in [1.807, 2.05) is 6.92 Å². The summed E-state index contributed by atoms with van der Waals surface area (Å²) in [6, 6.07) is 6.42. The van der Waals surface area contributed by atoms with Crippen molar-refractivity contribution in [2.75, 3.05) is 0 Å². The van der Waals surface area contributed by atoms with Crippen molar-refractivity contribution in [2.45, 2.75) is 44.9 Å².